The van der Waals surface area contributed by atoms with Gasteiger partial charge in [-0.05, 0) is 21.6 Å². The standard InChI is InChI=1S/C26H32Si/c1-2-3-4-5-6-16-23-27(24-17-10-7-11-18-24,25-19-12-8-13-20-25)26-21-14-9-15-22-26/h7-15,17-22H,2-6,16,23H2,1H3. The Bertz CT molecular complexity index is 668. The molecule has 0 fully saturated rings. The third-order valence-corrected chi connectivity index (χ3v) is 10.8. The smallest absolute Gasteiger partial charge is 0.0654 e. The molecule has 0 nitrogen and oxygen atoms in total. The van der Waals surface area contributed by atoms with Crippen molar-refractivity contribution in [3.63, 3.8) is 0 Å². The molecule has 27 heavy (non-hydrogen) atoms. The molecule has 0 aliphatic heterocycles. The second-order valence-electron chi connectivity index (χ2n) is 7.52. The zero-order valence-electron chi connectivity index (χ0n) is 16.6. The maximum Gasteiger partial charge on any atom is 0.148 e. The molecule has 0 heterocycles. The fraction of sp³-hybridized carbons (Fsp3) is 0.308. The summed E-state index contributed by atoms with van der Waals surface area (Å²) in [6.07, 6.45) is 8.11. The predicted octanol–water partition coefficient (Wildman–Crippen LogP) is 5.52. The van der Waals surface area contributed by atoms with E-state index in [-0.39, 0.29) is 0 Å². The Hall–Kier alpha value is -2.12. The summed E-state index contributed by atoms with van der Waals surface area (Å²) in [6.45, 7) is 2.29. The van der Waals surface area contributed by atoms with E-state index in [4.69, 9.17) is 0 Å². The molecule has 3 rings (SSSR count). The van der Waals surface area contributed by atoms with E-state index in [0.717, 1.165) is 0 Å². The van der Waals surface area contributed by atoms with E-state index in [1.807, 2.05) is 0 Å². The van der Waals surface area contributed by atoms with Crippen molar-refractivity contribution in [1.29, 1.82) is 0 Å². The van der Waals surface area contributed by atoms with Crippen molar-refractivity contribution in [3.8, 4) is 0 Å². The van der Waals surface area contributed by atoms with Crippen molar-refractivity contribution in [2.75, 3.05) is 0 Å². The normalized spacial score (nSPS) is 11.4. The molecule has 0 amide bonds. The molecule has 0 aliphatic carbocycles. The Morgan fingerprint density at radius 2 is 0.852 bits per heavy atom. The molecule has 1 heteroatoms. The lowest BCUT2D eigenvalue weighted by molar-refractivity contribution is 0.623. The van der Waals surface area contributed by atoms with Gasteiger partial charge >= 0.3 is 0 Å². The van der Waals surface area contributed by atoms with E-state index in [9.17, 15) is 0 Å². The Labute approximate surface area is 166 Å². The van der Waals surface area contributed by atoms with Gasteiger partial charge in [-0.3, -0.25) is 0 Å². The fourth-order valence-electron chi connectivity index (χ4n) is 4.27. The second-order valence-corrected chi connectivity index (χ2v) is 11.6. The summed E-state index contributed by atoms with van der Waals surface area (Å²) in [5.74, 6) is 0. The summed E-state index contributed by atoms with van der Waals surface area (Å²) in [4.78, 5) is 0. The van der Waals surface area contributed by atoms with Gasteiger partial charge in [0, 0.05) is 0 Å². The molecule has 0 saturated carbocycles. The second kappa shape index (κ2) is 10.3. The van der Waals surface area contributed by atoms with E-state index in [1.54, 1.807) is 0 Å². The summed E-state index contributed by atoms with van der Waals surface area (Å²) in [6, 6.07) is 35.2. The molecule has 0 radical (unpaired) electrons. The molecule has 0 aliphatic rings. The Morgan fingerprint density at radius 3 is 1.26 bits per heavy atom. The van der Waals surface area contributed by atoms with E-state index in [0.29, 0.717) is 0 Å². The Kier molecular flexibility index (Phi) is 7.47. The first-order chi connectivity index (χ1) is 13.4. The number of benzene rings is 3. The van der Waals surface area contributed by atoms with Crippen LogP contribution in [0.4, 0.5) is 0 Å². The predicted molar refractivity (Wildman–Crippen MR) is 122 cm³/mol. The molecule has 0 N–H and O–H groups in total. The van der Waals surface area contributed by atoms with Gasteiger partial charge in [0.15, 0.2) is 0 Å². The number of hydrogen-bond acceptors (Lipinski definition) is 0. The average molecular weight is 373 g/mol. The van der Waals surface area contributed by atoms with E-state index >= 15 is 0 Å². The van der Waals surface area contributed by atoms with Gasteiger partial charge in [0.05, 0.1) is 0 Å². The van der Waals surface area contributed by atoms with Gasteiger partial charge in [0.2, 0.25) is 0 Å². The summed E-state index contributed by atoms with van der Waals surface area (Å²) >= 11 is 0. The SMILES string of the molecule is CCCCCCCC[Si](c1ccccc1)(c1ccccc1)c1ccccc1. The monoisotopic (exact) mass is 372 g/mol. The van der Waals surface area contributed by atoms with Crippen LogP contribution in [-0.2, 0) is 0 Å². The van der Waals surface area contributed by atoms with Crippen LogP contribution in [0.2, 0.25) is 6.04 Å². The zero-order chi connectivity index (χ0) is 18.8. The molecular weight excluding hydrogens is 340 g/mol. The van der Waals surface area contributed by atoms with Crippen molar-refractivity contribution in [2.45, 2.75) is 51.5 Å². The molecule has 0 unspecified atom stereocenters. The topological polar surface area (TPSA) is 0 Å². The zero-order valence-corrected chi connectivity index (χ0v) is 17.6. The highest BCUT2D eigenvalue weighted by atomic mass is 28.3. The van der Waals surface area contributed by atoms with Gasteiger partial charge in [-0.15, -0.1) is 0 Å². The van der Waals surface area contributed by atoms with Crippen LogP contribution in [0, 0.1) is 0 Å². The van der Waals surface area contributed by atoms with Gasteiger partial charge in [-0.2, -0.15) is 0 Å². The highest BCUT2D eigenvalue weighted by Gasteiger charge is 2.38. The molecule has 140 valence electrons. The van der Waals surface area contributed by atoms with Crippen molar-refractivity contribution < 1.29 is 0 Å². The Balaban J connectivity index is 1.98. The van der Waals surface area contributed by atoms with Gasteiger partial charge in [-0.25, -0.2) is 0 Å². The van der Waals surface area contributed by atoms with E-state index in [2.05, 4.69) is 97.9 Å². The minimum absolute atomic E-state index is 1.29. The minimum atomic E-state index is -1.99. The van der Waals surface area contributed by atoms with E-state index in [1.165, 1.54) is 60.1 Å². The number of hydrogen-bond donors (Lipinski definition) is 0. The highest BCUT2D eigenvalue weighted by molar-refractivity contribution is 7.11. The van der Waals surface area contributed by atoms with Crippen LogP contribution in [0.5, 0.6) is 0 Å². The minimum Gasteiger partial charge on any atom is -0.0654 e. The molecule has 3 aromatic carbocycles. The molecule has 3 aromatic rings. The van der Waals surface area contributed by atoms with E-state index < -0.39 is 8.07 Å². The largest absolute Gasteiger partial charge is 0.148 e. The lowest BCUT2D eigenvalue weighted by Gasteiger charge is -2.34. The number of unbranched alkanes of at least 4 members (excludes halogenated alkanes) is 5. The average Bonchev–Trinajstić information content (AvgIpc) is 2.75. The first-order valence-electron chi connectivity index (χ1n) is 10.5. The maximum absolute atomic E-state index is 2.36. The van der Waals surface area contributed by atoms with Gasteiger partial charge in [0.25, 0.3) is 0 Å². The first-order valence-corrected chi connectivity index (χ1v) is 12.7. The molecular formula is C26H32Si. The van der Waals surface area contributed by atoms with Crippen LogP contribution in [0.3, 0.4) is 0 Å². The van der Waals surface area contributed by atoms with Crippen LogP contribution in [0.25, 0.3) is 0 Å². The summed E-state index contributed by atoms with van der Waals surface area (Å²) < 4.78 is 0. The quantitative estimate of drug-likeness (QED) is 0.250. The van der Waals surface area contributed by atoms with Crippen molar-refractivity contribution in [1.82, 2.24) is 0 Å². The number of rotatable bonds is 10. The molecule has 0 spiro atoms. The first kappa shape index (κ1) is 19.6. The summed E-state index contributed by atoms with van der Waals surface area (Å²) in [5.41, 5.74) is 0. The van der Waals surface area contributed by atoms with Crippen molar-refractivity contribution in [2.24, 2.45) is 0 Å². The van der Waals surface area contributed by atoms with Crippen LogP contribution in [0.1, 0.15) is 45.4 Å². The van der Waals surface area contributed by atoms with Crippen LogP contribution in [0.15, 0.2) is 91.0 Å². The molecule has 0 atom stereocenters. The van der Waals surface area contributed by atoms with Crippen LogP contribution >= 0.6 is 0 Å². The van der Waals surface area contributed by atoms with Crippen LogP contribution in [-0.4, -0.2) is 8.07 Å². The van der Waals surface area contributed by atoms with Gasteiger partial charge in [-0.1, -0.05) is 136 Å². The van der Waals surface area contributed by atoms with Gasteiger partial charge in [0.1, 0.15) is 8.07 Å². The summed E-state index contributed by atoms with van der Waals surface area (Å²) in [7, 11) is -1.99. The third-order valence-electron chi connectivity index (χ3n) is 5.71. The summed E-state index contributed by atoms with van der Waals surface area (Å²) in [5, 5.41) is 4.61. The Morgan fingerprint density at radius 1 is 0.481 bits per heavy atom. The highest BCUT2D eigenvalue weighted by Crippen LogP contribution is 2.18. The molecule has 0 aromatic heterocycles. The molecule has 0 bridgehead atoms. The third kappa shape index (κ3) is 4.78. The van der Waals surface area contributed by atoms with Crippen LogP contribution < -0.4 is 15.6 Å². The lowest BCUT2D eigenvalue weighted by atomic mass is 10.1. The van der Waals surface area contributed by atoms with Gasteiger partial charge < -0.3 is 0 Å². The molecule has 0 saturated heterocycles. The lowest BCUT2D eigenvalue weighted by Crippen LogP contribution is -2.66. The van der Waals surface area contributed by atoms with Crippen molar-refractivity contribution in [3.05, 3.63) is 91.0 Å². The maximum atomic E-state index is 2.36. The van der Waals surface area contributed by atoms with Crippen molar-refractivity contribution >= 4 is 23.6 Å². The fourth-order valence-corrected chi connectivity index (χ4v) is 9.20.